The molecule has 1 unspecified atom stereocenters. The fourth-order valence-corrected chi connectivity index (χ4v) is 0.179. The molecule has 1 atom stereocenters. The lowest BCUT2D eigenvalue weighted by Crippen LogP contribution is -2.36. The van der Waals surface area contributed by atoms with Gasteiger partial charge in [0.1, 0.15) is 6.04 Å². The van der Waals surface area contributed by atoms with E-state index in [1.54, 1.807) is 0 Å². The maximum Gasteiger partial charge on any atom is 0.257 e. The lowest BCUT2D eigenvalue weighted by molar-refractivity contribution is -0.121. The van der Waals surface area contributed by atoms with E-state index < -0.39 is 11.9 Å². The van der Waals surface area contributed by atoms with Crippen LogP contribution in [0.5, 0.6) is 0 Å². The molecule has 0 spiro atoms. The molecule has 0 aromatic heterocycles. The van der Waals surface area contributed by atoms with E-state index >= 15 is 0 Å². The fourth-order valence-electron chi connectivity index (χ4n) is 0.179. The highest BCUT2D eigenvalue weighted by molar-refractivity contribution is 5.78. The molecule has 47 valence electrons. The monoisotopic (exact) mass is 118 g/mol. The second kappa shape index (κ2) is 3.36. The second-order valence-corrected chi connectivity index (χ2v) is 1.30. The Morgan fingerprint density at radius 3 is 2.50 bits per heavy atom. The van der Waals surface area contributed by atoms with Crippen LogP contribution < -0.4 is 17.4 Å². The molecule has 0 aliphatic heterocycles. The lowest BCUT2D eigenvalue weighted by Gasteiger charge is -2.01. The van der Waals surface area contributed by atoms with Crippen LogP contribution >= 0.6 is 0 Å². The van der Waals surface area contributed by atoms with Crippen LogP contribution in [-0.2, 0) is 9.63 Å². The van der Waals surface area contributed by atoms with Crippen LogP contribution in [0.4, 0.5) is 0 Å². The Morgan fingerprint density at radius 1 is 1.88 bits per heavy atom. The average Bonchev–Trinajstić information content (AvgIpc) is 1.67. The quantitative estimate of drug-likeness (QED) is 0.419. The third-order valence-electron chi connectivity index (χ3n) is 0.613. The molecule has 1 radical (unpaired) electrons. The molecule has 5 nitrogen and oxygen atoms in total. The number of carbonyl (C=O) groups is 1. The molecule has 0 saturated carbocycles. The van der Waals surface area contributed by atoms with Gasteiger partial charge in [0.05, 0.1) is 6.61 Å². The number of hydrogen-bond acceptors (Lipinski definition) is 4. The maximum atomic E-state index is 9.94. The van der Waals surface area contributed by atoms with Crippen LogP contribution in [0.2, 0.25) is 0 Å². The van der Waals surface area contributed by atoms with Crippen LogP contribution in [0.25, 0.3) is 0 Å². The van der Waals surface area contributed by atoms with Crippen molar-refractivity contribution in [2.24, 2.45) is 11.6 Å². The Bertz CT molecular complexity index is 84.6. The fraction of sp³-hybridized carbons (Fsp3) is 0.667. The van der Waals surface area contributed by atoms with Gasteiger partial charge in [-0.25, -0.2) is 5.90 Å². The van der Waals surface area contributed by atoms with Crippen molar-refractivity contribution in [2.75, 3.05) is 6.61 Å². The molecule has 0 rings (SSSR count). The molecule has 1 amide bonds. The van der Waals surface area contributed by atoms with Gasteiger partial charge in [-0.05, 0) is 0 Å². The Balaban J connectivity index is 3.32. The van der Waals surface area contributed by atoms with Gasteiger partial charge in [0, 0.05) is 0 Å². The summed E-state index contributed by atoms with van der Waals surface area (Å²) >= 11 is 0. The molecule has 5 N–H and O–H groups in total. The zero-order valence-corrected chi connectivity index (χ0v) is 4.26. The van der Waals surface area contributed by atoms with Crippen LogP contribution in [0.1, 0.15) is 0 Å². The minimum atomic E-state index is -0.903. The summed E-state index contributed by atoms with van der Waals surface area (Å²) < 4.78 is 0. The van der Waals surface area contributed by atoms with Gasteiger partial charge >= 0.3 is 0 Å². The van der Waals surface area contributed by atoms with E-state index in [0.29, 0.717) is 0 Å². The topological polar surface area (TPSA) is 102 Å². The number of amides is 1. The van der Waals surface area contributed by atoms with Gasteiger partial charge < -0.3 is 10.6 Å². The molecule has 0 saturated heterocycles. The van der Waals surface area contributed by atoms with Crippen LogP contribution in [-0.4, -0.2) is 18.6 Å². The zero-order chi connectivity index (χ0) is 6.57. The van der Waals surface area contributed by atoms with Gasteiger partial charge in [-0.2, -0.15) is 0 Å². The summed E-state index contributed by atoms with van der Waals surface area (Å²) in [5.41, 5.74) is 11.4. The van der Waals surface area contributed by atoms with Gasteiger partial charge in [-0.1, -0.05) is 0 Å². The number of nitrogens with two attached hydrogens (primary N) is 2. The summed E-state index contributed by atoms with van der Waals surface area (Å²) in [5, 5.41) is 0. The van der Waals surface area contributed by atoms with Crippen molar-refractivity contribution < 1.29 is 9.63 Å². The van der Waals surface area contributed by atoms with E-state index in [1.165, 1.54) is 0 Å². The first-order chi connectivity index (χ1) is 3.68. The van der Waals surface area contributed by atoms with Crippen LogP contribution in [0, 0.1) is 0 Å². The van der Waals surface area contributed by atoms with Gasteiger partial charge in [0.2, 0.25) is 0 Å². The first-order valence-electron chi connectivity index (χ1n) is 2.01. The summed E-state index contributed by atoms with van der Waals surface area (Å²) in [7, 11) is 0. The van der Waals surface area contributed by atoms with E-state index in [0.717, 1.165) is 0 Å². The summed E-state index contributed by atoms with van der Waals surface area (Å²) in [5.74, 6) is 3.69. The number of rotatable bonds is 3. The normalized spacial score (nSPS) is 13.2. The molecule has 0 aromatic carbocycles. The number of nitrogens with one attached hydrogen (secondary N) is 1. The minimum Gasteiger partial charge on any atom is -0.318 e. The summed E-state index contributed by atoms with van der Waals surface area (Å²) in [6, 6.07) is -0.903. The average molecular weight is 118 g/mol. The van der Waals surface area contributed by atoms with Crippen molar-refractivity contribution >= 4 is 5.91 Å². The summed E-state index contributed by atoms with van der Waals surface area (Å²) in [6.45, 7) is -0.0949. The van der Waals surface area contributed by atoms with Crippen LogP contribution in [0.15, 0.2) is 0 Å². The molecular formula is C3H8N3O2. The first kappa shape index (κ1) is 7.35. The molecule has 5 heteroatoms. The van der Waals surface area contributed by atoms with E-state index in [2.05, 4.69) is 10.7 Å². The molecule has 0 fully saturated rings. The Morgan fingerprint density at radius 2 is 2.38 bits per heavy atom. The zero-order valence-electron chi connectivity index (χ0n) is 4.26. The highest BCUT2D eigenvalue weighted by Gasteiger charge is 2.07. The third-order valence-corrected chi connectivity index (χ3v) is 0.613. The van der Waals surface area contributed by atoms with E-state index in [4.69, 9.17) is 11.5 Å². The van der Waals surface area contributed by atoms with Gasteiger partial charge in [0.15, 0.2) is 0 Å². The van der Waals surface area contributed by atoms with E-state index in [-0.39, 0.29) is 6.61 Å². The highest BCUT2D eigenvalue weighted by atomic mass is 16.6. The second-order valence-electron chi connectivity index (χ2n) is 1.30. The molecule has 0 aliphatic carbocycles. The van der Waals surface area contributed by atoms with Crippen molar-refractivity contribution in [2.45, 2.75) is 6.04 Å². The van der Waals surface area contributed by atoms with E-state index in [1.807, 2.05) is 0 Å². The number of carbonyl (C=O) groups excluding carboxylic acids is 1. The van der Waals surface area contributed by atoms with Gasteiger partial charge in [-0.3, -0.25) is 10.5 Å². The molecule has 0 aromatic rings. The minimum absolute atomic E-state index is 0.0949. The molecule has 8 heavy (non-hydrogen) atoms. The van der Waals surface area contributed by atoms with Crippen molar-refractivity contribution in [3.05, 3.63) is 0 Å². The maximum absolute atomic E-state index is 9.94. The Hall–Kier alpha value is -0.650. The smallest absolute Gasteiger partial charge is 0.257 e. The van der Waals surface area contributed by atoms with Crippen molar-refractivity contribution in [1.29, 1.82) is 0 Å². The molecular weight excluding hydrogens is 110 g/mol. The predicted molar refractivity (Wildman–Crippen MR) is 26.2 cm³/mol. The largest absolute Gasteiger partial charge is 0.318 e. The Kier molecular flexibility index (Phi) is 3.09. The van der Waals surface area contributed by atoms with Crippen molar-refractivity contribution in [1.82, 2.24) is 5.73 Å². The summed E-state index contributed by atoms with van der Waals surface area (Å²) in [4.78, 5) is 13.9. The molecule has 0 aliphatic rings. The van der Waals surface area contributed by atoms with Crippen molar-refractivity contribution in [3.8, 4) is 0 Å². The molecule has 0 bridgehead atoms. The van der Waals surface area contributed by atoms with Gasteiger partial charge in [0.25, 0.3) is 5.91 Å². The predicted octanol–water partition coefficient (Wildman–Crippen LogP) is -1.99. The first-order valence-corrected chi connectivity index (χ1v) is 2.01. The summed E-state index contributed by atoms with van der Waals surface area (Å²) in [6.07, 6.45) is 0. The third kappa shape index (κ3) is 2.51. The standard InChI is InChI=1S/C3H8N3O2/c4-2(1-8-6)3(5)7/h2,5H,1,4,6H2. The Labute approximate surface area is 46.7 Å². The SMILES string of the molecule is [NH]C(=O)C(N)CON. The van der Waals surface area contributed by atoms with Gasteiger partial charge in [-0.15, -0.1) is 0 Å². The van der Waals surface area contributed by atoms with E-state index in [9.17, 15) is 4.79 Å². The van der Waals surface area contributed by atoms with Crippen molar-refractivity contribution in [3.63, 3.8) is 0 Å². The number of hydrogen-bond donors (Lipinski definition) is 2. The molecule has 0 heterocycles. The lowest BCUT2D eigenvalue weighted by atomic mass is 10.3. The van der Waals surface area contributed by atoms with Crippen LogP contribution in [0.3, 0.4) is 0 Å². The highest BCUT2D eigenvalue weighted by Crippen LogP contribution is 1.74.